The molecule has 5 rings (SSSR count). The van der Waals surface area contributed by atoms with Crippen molar-refractivity contribution >= 4 is 22.6 Å². The average Bonchev–Trinajstić information content (AvgIpc) is 3.31. The van der Waals surface area contributed by atoms with Crippen molar-refractivity contribution in [2.45, 2.75) is 70.1 Å². The van der Waals surface area contributed by atoms with Crippen LogP contribution in [0, 0.1) is 5.82 Å². The normalized spacial score (nSPS) is 23.3. The van der Waals surface area contributed by atoms with E-state index in [0.29, 0.717) is 49.6 Å². The lowest BCUT2D eigenvalue weighted by Crippen LogP contribution is -2.37. The maximum Gasteiger partial charge on any atom is 0.343 e. The Kier molecular flexibility index (Phi) is 6.14. The number of esters is 1. The van der Waals surface area contributed by atoms with E-state index < -0.39 is 17.2 Å². The number of halogens is 1. The zero-order valence-corrected chi connectivity index (χ0v) is 19.1. The first kappa shape index (κ1) is 22.3. The van der Waals surface area contributed by atoms with E-state index in [2.05, 4.69) is 5.32 Å². The maximum absolute atomic E-state index is 15.4. The molecule has 1 aromatic heterocycles. The van der Waals surface area contributed by atoms with E-state index >= 15 is 4.39 Å². The van der Waals surface area contributed by atoms with Gasteiger partial charge in [0.05, 0.1) is 23.9 Å². The third-order valence-electron chi connectivity index (χ3n) is 7.49. The fourth-order valence-corrected chi connectivity index (χ4v) is 5.59. The highest BCUT2D eigenvalue weighted by molar-refractivity contribution is 5.96. The van der Waals surface area contributed by atoms with Gasteiger partial charge >= 0.3 is 5.97 Å². The number of nitrogens with zero attached hydrogens (tertiary/aromatic N) is 2. The van der Waals surface area contributed by atoms with Gasteiger partial charge in [0, 0.05) is 42.3 Å². The van der Waals surface area contributed by atoms with E-state index in [-0.39, 0.29) is 29.7 Å². The molecule has 0 radical (unpaired) electrons. The fraction of sp³-hybridized carbons (Fsp3) is 0.600. The van der Waals surface area contributed by atoms with Crippen LogP contribution in [0.25, 0.3) is 10.9 Å². The smallest absolute Gasteiger partial charge is 0.343 e. The quantitative estimate of drug-likeness (QED) is 0.672. The monoisotopic (exact) mass is 457 g/mol. The molecule has 0 bridgehead atoms. The number of aryl methyl sites for hydroxylation is 1. The van der Waals surface area contributed by atoms with Crippen molar-refractivity contribution < 1.29 is 19.0 Å². The first-order valence-electron chi connectivity index (χ1n) is 12.2. The molecule has 1 unspecified atom stereocenters. The molecule has 2 saturated heterocycles. The second-order valence-electron chi connectivity index (χ2n) is 9.68. The molecule has 8 heteroatoms. The van der Waals surface area contributed by atoms with Crippen LogP contribution >= 0.6 is 0 Å². The second-order valence-corrected chi connectivity index (χ2v) is 9.68. The van der Waals surface area contributed by atoms with Gasteiger partial charge in [0.25, 0.3) is 0 Å². The van der Waals surface area contributed by atoms with Gasteiger partial charge in [0.1, 0.15) is 11.4 Å². The molecule has 3 aliphatic heterocycles. The number of rotatable bonds is 5. The number of carbonyl (C=O) groups excluding carboxylic acids is 1. The maximum atomic E-state index is 15.4. The Hall–Kier alpha value is -2.45. The molecule has 0 saturated carbocycles. The minimum atomic E-state index is -0.641. The number of pyridine rings is 1. The Morgan fingerprint density at radius 3 is 2.79 bits per heavy atom. The summed E-state index contributed by atoms with van der Waals surface area (Å²) in [5.74, 6) is -1.08. The Balaban J connectivity index is 1.51. The molecule has 3 aliphatic rings. The van der Waals surface area contributed by atoms with Crippen LogP contribution in [0.15, 0.2) is 17.1 Å². The molecular weight excluding hydrogens is 425 g/mol. The number of anilines is 1. The predicted octanol–water partition coefficient (Wildman–Crippen LogP) is 2.91. The van der Waals surface area contributed by atoms with E-state index in [1.807, 2.05) is 16.4 Å². The van der Waals surface area contributed by atoms with Crippen LogP contribution in [0.3, 0.4) is 0 Å². The second kappa shape index (κ2) is 9.06. The van der Waals surface area contributed by atoms with Gasteiger partial charge < -0.3 is 24.6 Å². The number of aliphatic hydroxyl groups excluding tert-OH is 1. The Morgan fingerprint density at radius 2 is 2.06 bits per heavy atom. The van der Waals surface area contributed by atoms with Crippen molar-refractivity contribution in [1.29, 1.82) is 0 Å². The zero-order chi connectivity index (χ0) is 23.1. The minimum absolute atomic E-state index is 0.0326. The lowest BCUT2D eigenvalue weighted by molar-refractivity contribution is 0.0489. The molecule has 4 heterocycles. The van der Waals surface area contributed by atoms with Crippen LogP contribution in [0.1, 0.15) is 67.4 Å². The molecular formula is C25H32FN3O4. The summed E-state index contributed by atoms with van der Waals surface area (Å²) in [5, 5.41) is 13.5. The molecule has 2 atom stereocenters. The van der Waals surface area contributed by atoms with Gasteiger partial charge in [-0.1, -0.05) is 0 Å². The molecule has 0 amide bonds. The van der Waals surface area contributed by atoms with Crippen molar-refractivity contribution in [2.24, 2.45) is 0 Å². The van der Waals surface area contributed by atoms with Crippen LogP contribution < -0.4 is 15.6 Å². The highest BCUT2D eigenvalue weighted by atomic mass is 19.1. The van der Waals surface area contributed by atoms with Crippen LogP contribution in [0.5, 0.6) is 0 Å². The van der Waals surface area contributed by atoms with Crippen molar-refractivity contribution in [2.75, 3.05) is 31.1 Å². The molecule has 7 nitrogen and oxygen atoms in total. The highest BCUT2D eigenvalue weighted by Gasteiger charge is 2.30. The molecule has 2 fully saturated rings. The molecule has 178 valence electrons. The van der Waals surface area contributed by atoms with Gasteiger partial charge in [-0.2, -0.15) is 0 Å². The number of hydrogen-bond donors (Lipinski definition) is 2. The SMILES string of the molecule is C[C@H]1CCc2c(N3CCC(O)CC3)c(F)cc3c(=O)c(C(=O)OCCC4CCCN4)cn1c23. The number of hydrogen-bond acceptors (Lipinski definition) is 6. The number of ether oxygens (including phenoxy) is 1. The van der Waals surface area contributed by atoms with Crippen molar-refractivity contribution in [3.8, 4) is 0 Å². The average molecular weight is 458 g/mol. The van der Waals surface area contributed by atoms with Gasteiger partial charge in [0.15, 0.2) is 0 Å². The van der Waals surface area contributed by atoms with Crippen LogP contribution in [-0.2, 0) is 11.2 Å². The summed E-state index contributed by atoms with van der Waals surface area (Å²) in [6.07, 6.45) is 6.83. The van der Waals surface area contributed by atoms with Gasteiger partial charge in [-0.3, -0.25) is 4.79 Å². The first-order chi connectivity index (χ1) is 15.9. The van der Waals surface area contributed by atoms with E-state index in [0.717, 1.165) is 37.8 Å². The Bertz CT molecular complexity index is 1120. The van der Waals surface area contributed by atoms with Crippen LogP contribution in [0.4, 0.5) is 10.1 Å². The molecule has 2 aromatic rings. The van der Waals surface area contributed by atoms with E-state index in [1.165, 1.54) is 6.07 Å². The van der Waals surface area contributed by atoms with E-state index in [4.69, 9.17) is 4.74 Å². The highest BCUT2D eigenvalue weighted by Crippen LogP contribution is 2.38. The standard InChI is InChI=1S/C25H32FN3O4/c1-15-4-5-18-22-19(13-21(26)23(18)28-10-6-17(30)7-11-28)24(31)20(14-29(15)22)25(32)33-12-8-16-3-2-9-27-16/h13-17,27,30H,2-12H2,1H3/t15-,16?/m0/s1. The largest absolute Gasteiger partial charge is 0.462 e. The predicted molar refractivity (Wildman–Crippen MR) is 125 cm³/mol. The summed E-state index contributed by atoms with van der Waals surface area (Å²) >= 11 is 0. The molecule has 0 spiro atoms. The number of piperidine rings is 1. The summed E-state index contributed by atoms with van der Waals surface area (Å²) in [6, 6.07) is 1.72. The van der Waals surface area contributed by atoms with E-state index in [9.17, 15) is 14.7 Å². The molecule has 33 heavy (non-hydrogen) atoms. The van der Waals surface area contributed by atoms with E-state index in [1.54, 1.807) is 6.20 Å². The molecule has 2 N–H and O–H groups in total. The minimum Gasteiger partial charge on any atom is -0.462 e. The lowest BCUT2D eigenvalue weighted by atomic mass is 9.93. The number of benzene rings is 1. The zero-order valence-electron chi connectivity index (χ0n) is 19.1. The number of aliphatic hydroxyl groups is 1. The summed E-state index contributed by atoms with van der Waals surface area (Å²) < 4.78 is 22.8. The summed E-state index contributed by atoms with van der Waals surface area (Å²) in [5.41, 5.74) is 1.57. The van der Waals surface area contributed by atoms with Crippen molar-refractivity contribution in [3.05, 3.63) is 39.4 Å². The number of nitrogens with one attached hydrogen (secondary N) is 1. The first-order valence-corrected chi connectivity index (χ1v) is 12.2. The topological polar surface area (TPSA) is 83.8 Å². The lowest BCUT2D eigenvalue weighted by Gasteiger charge is -2.36. The van der Waals surface area contributed by atoms with Gasteiger partial charge in [-0.15, -0.1) is 0 Å². The Morgan fingerprint density at radius 1 is 1.27 bits per heavy atom. The van der Waals surface area contributed by atoms with Gasteiger partial charge in [-0.25, -0.2) is 9.18 Å². The third-order valence-corrected chi connectivity index (χ3v) is 7.49. The molecule has 1 aromatic carbocycles. The Labute approximate surface area is 192 Å². The third kappa shape index (κ3) is 4.15. The number of carbonyl (C=O) groups is 1. The van der Waals surface area contributed by atoms with Gasteiger partial charge in [0.2, 0.25) is 5.43 Å². The fourth-order valence-electron chi connectivity index (χ4n) is 5.59. The van der Waals surface area contributed by atoms with Crippen LogP contribution in [-0.4, -0.2) is 54.0 Å². The van der Waals surface area contributed by atoms with Crippen molar-refractivity contribution in [1.82, 2.24) is 9.88 Å². The van der Waals surface area contributed by atoms with Crippen LogP contribution in [0.2, 0.25) is 0 Å². The summed E-state index contributed by atoms with van der Waals surface area (Å²) in [6.45, 7) is 4.45. The number of aromatic nitrogens is 1. The molecule has 0 aliphatic carbocycles. The van der Waals surface area contributed by atoms with Crippen molar-refractivity contribution in [3.63, 3.8) is 0 Å². The summed E-state index contributed by atoms with van der Waals surface area (Å²) in [4.78, 5) is 28.1. The summed E-state index contributed by atoms with van der Waals surface area (Å²) in [7, 11) is 0. The van der Waals surface area contributed by atoms with Gasteiger partial charge in [-0.05, 0) is 64.5 Å².